The van der Waals surface area contributed by atoms with Crippen molar-refractivity contribution >= 4 is 17.3 Å². The number of hydrogen-bond acceptors (Lipinski definition) is 3. The maximum absolute atomic E-state index is 10.4. The van der Waals surface area contributed by atoms with Crippen molar-refractivity contribution in [3.8, 4) is 0 Å². The van der Waals surface area contributed by atoms with Gasteiger partial charge in [0.15, 0.2) is 5.58 Å². The SMILES string of the molecule is Cc1noc2ccc(C(C)CC=O)cc12. The smallest absolute Gasteiger partial charge is 0.167 e. The Bertz CT molecular complexity index is 487. The predicted octanol–water partition coefficient (Wildman–Crippen LogP) is 2.83. The highest BCUT2D eigenvalue weighted by Crippen LogP contribution is 2.24. The van der Waals surface area contributed by atoms with E-state index in [0.29, 0.717) is 6.42 Å². The first-order chi connectivity index (χ1) is 7.22. The van der Waals surface area contributed by atoms with Gasteiger partial charge in [0.05, 0.1) is 5.69 Å². The van der Waals surface area contributed by atoms with Crippen LogP contribution in [0.4, 0.5) is 0 Å². The number of hydrogen-bond donors (Lipinski definition) is 0. The molecule has 0 amide bonds. The molecule has 1 unspecified atom stereocenters. The molecule has 0 aliphatic heterocycles. The molecular formula is C12H13NO2. The Morgan fingerprint density at radius 2 is 2.33 bits per heavy atom. The second-order valence-corrected chi connectivity index (χ2v) is 3.83. The Morgan fingerprint density at radius 3 is 3.07 bits per heavy atom. The van der Waals surface area contributed by atoms with E-state index in [9.17, 15) is 4.79 Å². The Kier molecular flexibility index (Phi) is 2.54. The van der Waals surface area contributed by atoms with E-state index in [1.54, 1.807) is 0 Å². The van der Waals surface area contributed by atoms with Gasteiger partial charge in [-0.3, -0.25) is 0 Å². The van der Waals surface area contributed by atoms with E-state index in [-0.39, 0.29) is 5.92 Å². The van der Waals surface area contributed by atoms with Gasteiger partial charge >= 0.3 is 0 Å². The van der Waals surface area contributed by atoms with Gasteiger partial charge in [-0.1, -0.05) is 18.1 Å². The van der Waals surface area contributed by atoms with Gasteiger partial charge in [0.1, 0.15) is 6.29 Å². The molecule has 0 spiro atoms. The lowest BCUT2D eigenvalue weighted by atomic mass is 9.97. The molecule has 0 saturated heterocycles. The molecule has 0 bridgehead atoms. The number of fused-ring (bicyclic) bond motifs is 1. The molecule has 78 valence electrons. The molecule has 2 aromatic rings. The highest BCUT2D eigenvalue weighted by molar-refractivity contribution is 5.80. The number of carbonyl (C=O) groups excluding carboxylic acids is 1. The van der Waals surface area contributed by atoms with Crippen molar-refractivity contribution in [1.29, 1.82) is 0 Å². The van der Waals surface area contributed by atoms with E-state index < -0.39 is 0 Å². The lowest BCUT2D eigenvalue weighted by Crippen LogP contribution is -1.93. The highest BCUT2D eigenvalue weighted by atomic mass is 16.5. The second-order valence-electron chi connectivity index (χ2n) is 3.83. The van der Waals surface area contributed by atoms with Gasteiger partial charge in [-0.05, 0) is 30.5 Å². The summed E-state index contributed by atoms with van der Waals surface area (Å²) >= 11 is 0. The van der Waals surface area contributed by atoms with Crippen molar-refractivity contribution in [2.45, 2.75) is 26.2 Å². The molecule has 0 N–H and O–H groups in total. The van der Waals surface area contributed by atoms with Crippen LogP contribution in [0, 0.1) is 6.92 Å². The first-order valence-electron chi connectivity index (χ1n) is 5.02. The van der Waals surface area contributed by atoms with Crippen LogP contribution in [-0.2, 0) is 4.79 Å². The van der Waals surface area contributed by atoms with Crippen LogP contribution in [-0.4, -0.2) is 11.4 Å². The van der Waals surface area contributed by atoms with E-state index in [0.717, 1.165) is 28.5 Å². The first-order valence-corrected chi connectivity index (χ1v) is 5.02. The summed E-state index contributed by atoms with van der Waals surface area (Å²) in [5.41, 5.74) is 2.85. The molecule has 0 saturated carbocycles. The minimum Gasteiger partial charge on any atom is -0.356 e. The number of rotatable bonds is 3. The molecule has 1 atom stereocenters. The number of aldehydes is 1. The van der Waals surface area contributed by atoms with Crippen LogP contribution in [0.1, 0.15) is 30.5 Å². The predicted molar refractivity (Wildman–Crippen MR) is 57.8 cm³/mol. The zero-order valence-electron chi connectivity index (χ0n) is 8.86. The van der Waals surface area contributed by atoms with Gasteiger partial charge in [-0.25, -0.2) is 0 Å². The fourth-order valence-electron chi connectivity index (χ4n) is 1.66. The van der Waals surface area contributed by atoms with Crippen LogP contribution >= 0.6 is 0 Å². The monoisotopic (exact) mass is 203 g/mol. The number of carbonyl (C=O) groups is 1. The molecule has 1 aromatic heterocycles. The summed E-state index contributed by atoms with van der Waals surface area (Å²) in [6.45, 7) is 3.96. The third kappa shape index (κ3) is 1.77. The van der Waals surface area contributed by atoms with Crippen molar-refractivity contribution in [2.24, 2.45) is 0 Å². The molecule has 0 aliphatic rings. The van der Waals surface area contributed by atoms with Gasteiger partial charge in [0.2, 0.25) is 0 Å². The van der Waals surface area contributed by atoms with Crippen LogP contribution in [0.5, 0.6) is 0 Å². The van der Waals surface area contributed by atoms with Crippen LogP contribution in [0.2, 0.25) is 0 Å². The van der Waals surface area contributed by atoms with E-state index in [4.69, 9.17) is 4.52 Å². The Hall–Kier alpha value is -1.64. The third-order valence-corrected chi connectivity index (χ3v) is 2.69. The molecule has 1 aromatic carbocycles. The van der Waals surface area contributed by atoms with Crippen molar-refractivity contribution < 1.29 is 9.32 Å². The topological polar surface area (TPSA) is 43.1 Å². The fourth-order valence-corrected chi connectivity index (χ4v) is 1.66. The van der Waals surface area contributed by atoms with Crippen molar-refractivity contribution in [1.82, 2.24) is 5.16 Å². The van der Waals surface area contributed by atoms with Gasteiger partial charge in [-0.2, -0.15) is 0 Å². The summed E-state index contributed by atoms with van der Waals surface area (Å²) in [6.07, 6.45) is 1.51. The number of nitrogens with zero attached hydrogens (tertiary/aromatic N) is 1. The summed E-state index contributed by atoms with van der Waals surface area (Å²) in [5, 5.41) is 4.93. The maximum atomic E-state index is 10.4. The normalized spacial score (nSPS) is 12.9. The molecule has 0 aliphatic carbocycles. The molecule has 15 heavy (non-hydrogen) atoms. The average molecular weight is 203 g/mol. The zero-order chi connectivity index (χ0) is 10.8. The number of aryl methyl sites for hydroxylation is 1. The van der Waals surface area contributed by atoms with E-state index in [2.05, 4.69) is 11.2 Å². The zero-order valence-corrected chi connectivity index (χ0v) is 8.86. The Labute approximate surface area is 88.1 Å². The van der Waals surface area contributed by atoms with Gasteiger partial charge in [0.25, 0.3) is 0 Å². The van der Waals surface area contributed by atoms with E-state index >= 15 is 0 Å². The van der Waals surface area contributed by atoms with Crippen molar-refractivity contribution in [3.05, 3.63) is 29.5 Å². The standard InChI is InChI=1S/C12H13NO2/c1-8(5-6-14)10-3-4-12-11(7-10)9(2)13-15-12/h3-4,6-8H,5H2,1-2H3. The minimum atomic E-state index is 0.251. The van der Waals surface area contributed by atoms with Gasteiger partial charge < -0.3 is 9.32 Å². The molecule has 2 rings (SSSR count). The quantitative estimate of drug-likeness (QED) is 0.720. The maximum Gasteiger partial charge on any atom is 0.167 e. The number of benzene rings is 1. The summed E-state index contributed by atoms with van der Waals surface area (Å²) in [4.78, 5) is 10.4. The van der Waals surface area contributed by atoms with E-state index in [1.807, 2.05) is 26.0 Å². The molecule has 3 heteroatoms. The number of aromatic nitrogens is 1. The summed E-state index contributed by atoms with van der Waals surface area (Å²) in [7, 11) is 0. The minimum absolute atomic E-state index is 0.251. The largest absolute Gasteiger partial charge is 0.356 e. The van der Waals surface area contributed by atoms with E-state index in [1.165, 1.54) is 0 Å². The van der Waals surface area contributed by atoms with Crippen LogP contribution in [0.25, 0.3) is 11.0 Å². The Morgan fingerprint density at radius 1 is 1.53 bits per heavy atom. The molecular weight excluding hydrogens is 190 g/mol. The third-order valence-electron chi connectivity index (χ3n) is 2.69. The summed E-state index contributed by atoms with van der Waals surface area (Å²) < 4.78 is 5.12. The second kappa shape index (κ2) is 3.85. The summed E-state index contributed by atoms with van der Waals surface area (Å²) in [6, 6.07) is 5.95. The lowest BCUT2D eigenvalue weighted by Gasteiger charge is -2.07. The van der Waals surface area contributed by atoms with Crippen molar-refractivity contribution in [2.75, 3.05) is 0 Å². The molecule has 1 heterocycles. The molecule has 0 fully saturated rings. The summed E-state index contributed by atoms with van der Waals surface area (Å²) in [5.74, 6) is 0.251. The van der Waals surface area contributed by atoms with Crippen LogP contribution in [0.15, 0.2) is 22.7 Å². The van der Waals surface area contributed by atoms with Crippen molar-refractivity contribution in [3.63, 3.8) is 0 Å². The van der Waals surface area contributed by atoms with Crippen LogP contribution < -0.4 is 0 Å². The van der Waals surface area contributed by atoms with Gasteiger partial charge in [-0.15, -0.1) is 0 Å². The molecule has 3 nitrogen and oxygen atoms in total. The average Bonchev–Trinajstić information content (AvgIpc) is 2.60. The first kappa shape index (κ1) is 9.90. The fraction of sp³-hybridized carbons (Fsp3) is 0.333. The molecule has 0 radical (unpaired) electrons. The highest BCUT2D eigenvalue weighted by Gasteiger charge is 2.09. The Balaban J connectivity index is 2.45. The lowest BCUT2D eigenvalue weighted by molar-refractivity contribution is -0.108. The van der Waals surface area contributed by atoms with Gasteiger partial charge in [0, 0.05) is 11.8 Å². The van der Waals surface area contributed by atoms with Crippen LogP contribution in [0.3, 0.4) is 0 Å².